The van der Waals surface area contributed by atoms with E-state index in [1.807, 2.05) is 13.8 Å². The first kappa shape index (κ1) is 12.3. The van der Waals surface area contributed by atoms with Gasteiger partial charge in [-0.15, -0.1) is 0 Å². The van der Waals surface area contributed by atoms with Crippen LogP contribution in [0.4, 0.5) is 0 Å². The summed E-state index contributed by atoms with van der Waals surface area (Å²) in [6, 6.07) is 0. The van der Waals surface area contributed by atoms with Gasteiger partial charge in [-0.05, 0) is 11.8 Å². The van der Waals surface area contributed by atoms with Gasteiger partial charge in [-0.3, -0.25) is 14.4 Å². The lowest BCUT2D eigenvalue weighted by Crippen LogP contribution is -2.37. The van der Waals surface area contributed by atoms with Crippen molar-refractivity contribution in [3.05, 3.63) is 11.1 Å². The lowest BCUT2D eigenvalue weighted by molar-refractivity contribution is -0.160. The van der Waals surface area contributed by atoms with E-state index in [0.29, 0.717) is 24.0 Å². The van der Waals surface area contributed by atoms with Crippen molar-refractivity contribution < 1.29 is 23.9 Å². The van der Waals surface area contributed by atoms with Crippen molar-refractivity contribution in [3.8, 4) is 0 Å². The molecule has 20 heavy (non-hydrogen) atoms. The minimum absolute atomic E-state index is 0.0121. The summed E-state index contributed by atoms with van der Waals surface area (Å²) in [6.07, 6.45) is 0.362. The van der Waals surface area contributed by atoms with E-state index in [1.54, 1.807) is 0 Å². The lowest BCUT2D eigenvalue weighted by atomic mass is 9.67. The van der Waals surface area contributed by atoms with Crippen molar-refractivity contribution in [2.75, 3.05) is 6.61 Å². The van der Waals surface area contributed by atoms with Crippen LogP contribution >= 0.6 is 0 Å². The first-order chi connectivity index (χ1) is 9.35. The Balaban J connectivity index is 1.91. The molecule has 1 spiro atoms. The normalized spacial score (nSPS) is 41.6. The van der Waals surface area contributed by atoms with Gasteiger partial charge in [0.15, 0.2) is 11.6 Å². The van der Waals surface area contributed by atoms with Gasteiger partial charge in [0.2, 0.25) is 6.29 Å². The molecule has 0 amide bonds. The number of allylic oxidation sites excluding steroid dienone is 1. The summed E-state index contributed by atoms with van der Waals surface area (Å²) < 4.78 is 10.7. The second-order valence-electron chi connectivity index (χ2n) is 7.08. The molecule has 2 saturated heterocycles. The maximum atomic E-state index is 12.6. The van der Waals surface area contributed by atoms with Crippen LogP contribution in [0.2, 0.25) is 0 Å². The van der Waals surface area contributed by atoms with Gasteiger partial charge >= 0.3 is 5.97 Å². The quantitative estimate of drug-likeness (QED) is 0.621. The fraction of sp³-hybridized carbons (Fsp3) is 0.667. The van der Waals surface area contributed by atoms with Gasteiger partial charge in [-0.25, -0.2) is 0 Å². The van der Waals surface area contributed by atoms with E-state index < -0.39 is 17.6 Å². The molecule has 0 saturated carbocycles. The molecule has 2 heterocycles. The predicted molar refractivity (Wildman–Crippen MR) is 66.4 cm³/mol. The fourth-order valence-corrected chi connectivity index (χ4v) is 4.36. The van der Waals surface area contributed by atoms with Crippen molar-refractivity contribution >= 4 is 17.5 Å². The molecule has 4 aliphatic rings. The summed E-state index contributed by atoms with van der Waals surface area (Å²) >= 11 is 0. The molecule has 0 aromatic carbocycles. The van der Waals surface area contributed by atoms with Gasteiger partial charge in [0.25, 0.3) is 0 Å². The van der Waals surface area contributed by atoms with Crippen LogP contribution in [0.3, 0.4) is 0 Å². The molecule has 5 heteroatoms. The predicted octanol–water partition coefficient (Wildman–Crippen LogP) is 1.16. The number of ketones is 2. The standard InChI is InChI=1S/C15H16O5/c1-14(2)3-7-11(9(16)4-14)15-5-10(17)20-13(15)19-6-8(15)12(7)18/h8,13H,3-6H2,1-2H3/t8-,13-,15-/m1/s1. The van der Waals surface area contributed by atoms with Crippen LogP contribution in [0, 0.1) is 16.7 Å². The average Bonchev–Trinajstić information content (AvgIpc) is 2.85. The van der Waals surface area contributed by atoms with Crippen molar-refractivity contribution in [2.45, 2.75) is 39.4 Å². The maximum absolute atomic E-state index is 12.6. The van der Waals surface area contributed by atoms with Crippen LogP contribution in [0.15, 0.2) is 11.1 Å². The first-order valence-electron chi connectivity index (χ1n) is 6.97. The molecular formula is C15H16O5. The van der Waals surface area contributed by atoms with E-state index in [0.717, 1.165) is 0 Å². The van der Waals surface area contributed by atoms with Gasteiger partial charge < -0.3 is 9.47 Å². The third-order valence-corrected chi connectivity index (χ3v) is 5.09. The molecule has 2 aliphatic carbocycles. The molecule has 3 atom stereocenters. The highest BCUT2D eigenvalue weighted by Crippen LogP contribution is 2.62. The Hall–Kier alpha value is -1.49. The Labute approximate surface area is 116 Å². The summed E-state index contributed by atoms with van der Waals surface area (Å²) in [7, 11) is 0. The topological polar surface area (TPSA) is 69.7 Å². The molecule has 0 aromatic rings. The van der Waals surface area contributed by atoms with E-state index in [-0.39, 0.29) is 36.0 Å². The number of carbonyl (C=O) groups excluding carboxylic acids is 3. The van der Waals surface area contributed by atoms with E-state index in [9.17, 15) is 14.4 Å². The van der Waals surface area contributed by atoms with Gasteiger partial charge in [0.1, 0.15) is 0 Å². The van der Waals surface area contributed by atoms with Crippen molar-refractivity contribution in [3.63, 3.8) is 0 Å². The second kappa shape index (κ2) is 3.39. The Morgan fingerprint density at radius 1 is 1.10 bits per heavy atom. The van der Waals surface area contributed by atoms with Crippen LogP contribution in [-0.4, -0.2) is 30.4 Å². The van der Waals surface area contributed by atoms with Crippen LogP contribution in [0.25, 0.3) is 0 Å². The van der Waals surface area contributed by atoms with E-state index >= 15 is 0 Å². The average molecular weight is 276 g/mol. The minimum atomic E-state index is -0.822. The van der Waals surface area contributed by atoms with Gasteiger partial charge in [0, 0.05) is 17.6 Å². The minimum Gasteiger partial charge on any atom is -0.435 e. The lowest BCUT2D eigenvalue weighted by Gasteiger charge is -2.33. The molecule has 2 fully saturated rings. The molecule has 0 bridgehead atoms. The highest BCUT2D eigenvalue weighted by atomic mass is 16.7. The maximum Gasteiger partial charge on any atom is 0.309 e. The highest BCUT2D eigenvalue weighted by molar-refractivity contribution is 6.15. The number of hydrogen-bond acceptors (Lipinski definition) is 5. The molecular weight excluding hydrogens is 260 g/mol. The van der Waals surface area contributed by atoms with E-state index in [1.165, 1.54) is 0 Å². The monoisotopic (exact) mass is 276 g/mol. The molecule has 0 N–H and O–H groups in total. The second-order valence-corrected chi connectivity index (χ2v) is 7.08. The Morgan fingerprint density at radius 3 is 2.60 bits per heavy atom. The number of ether oxygens (including phenoxy) is 2. The van der Waals surface area contributed by atoms with Gasteiger partial charge in [0.05, 0.1) is 24.4 Å². The summed E-state index contributed by atoms with van der Waals surface area (Å²) in [6.45, 7) is 4.24. The zero-order valence-corrected chi connectivity index (χ0v) is 11.5. The van der Waals surface area contributed by atoms with Crippen molar-refractivity contribution in [1.29, 1.82) is 0 Å². The van der Waals surface area contributed by atoms with E-state index in [2.05, 4.69) is 0 Å². The smallest absolute Gasteiger partial charge is 0.309 e. The largest absolute Gasteiger partial charge is 0.435 e. The van der Waals surface area contributed by atoms with Crippen molar-refractivity contribution in [2.24, 2.45) is 16.7 Å². The Bertz CT molecular complexity index is 599. The Kier molecular flexibility index (Phi) is 2.08. The zero-order valence-electron chi connectivity index (χ0n) is 11.5. The molecule has 106 valence electrons. The number of Topliss-reactive ketones (excluding diaryl/α,β-unsaturated/α-hetero) is 2. The zero-order chi connectivity index (χ0) is 14.3. The van der Waals surface area contributed by atoms with Crippen LogP contribution in [-0.2, 0) is 23.9 Å². The van der Waals surface area contributed by atoms with Crippen LogP contribution < -0.4 is 0 Å². The summed E-state index contributed by atoms with van der Waals surface area (Å²) in [5.41, 5.74) is 0.153. The Morgan fingerprint density at radius 2 is 1.85 bits per heavy atom. The third-order valence-electron chi connectivity index (χ3n) is 5.09. The first-order valence-corrected chi connectivity index (χ1v) is 6.97. The van der Waals surface area contributed by atoms with Crippen molar-refractivity contribution in [1.82, 2.24) is 0 Å². The summed E-state index contributed by atoms with van der Waals surface area (Å²) in [4.78, 5) is 36.9. The van der Waals surface area contributed by atoms with E-state index in [4.69, 9.17) is 9.47 Å². The summed E-state index contributed by atoms with van der Waals surface area (Å²) in [5.74, 6) is -0.816. The van der Waals surface area contributed by atoms with Gasteiger partial charge in [-0.2, -0.15) is 0 Å². The number of rotatable bonds is 0. The molecule has 2 aliphatic heterocycles. The number of hydrogen-bond donors (Lipinski definition) is 0. The van der Waals surface area contributed by atoms with Crippen LogP contribution in [0.5, 0.6) is 0 Å². The molecule has 0 radical (unpaired) electrons. The van der Waals surface area contributed by atoms with Crippen LogP contribution in [0.1, 0.15) is 33.1 Å². The molecule has 5 nitrogen and oxygen atoms in total. The van der Waals surface area contributed by atoms with Gasteiger partial charge in [-0.1, -0.05) is 13.8 Å². The molecule has 0 unspecified atom stereocenters. The molecule has 0 aromatic heterocycles. The number of carbonyl (C=O) groups is 3. The molecule has 4 rings (SSSR count). The highest BCUT2D eigenvalue weighted by Gasteiger charge is 2.69. The third kappa shape index (κ3) is 1.24. The SMILES string of the molecule is CC1(C)CC(=O)C2=C(C1)C(=O)[C@H]1CO[C@@H]3OC(=O)C[C@@]231. The fourth-order valence-electron chi connectivity index (χ4n) is 4.36. The number of esters is 1. The summed E-state index contributed by atoms with van der Waals surface area (Å²) in [5, 5.41) is 0.